The van der Waals surface area contributed by atoms with Crippen LogP contribution in [0.3, 0.4) is 0 Å². The summed E-state index contributed by atoms with van der Waals surface area (Å²) in [5.41, 5.74) is 2.02. The largest absolute Gasteiger partial charge is 0.383 e. The van der Waals surface area contributed by atoms with Crippen LogP contribution in [-0.4, -0.2) is 41.2 Å². The third-order valence-electron chi connectivity index (χ3n) is 3.93. The Kier molecular flexibility index (Phi) is 6.51. The molecule has 0 aliphatic carbocycles. The average molecular weight is 371 g/mol. The molecule has 0 aliphatic heterocycles. The standard InChI is InChI=1S/C19H21N3O3S/c1-24-11-10-22(13-15-5-3-2-4-6-15)18(23)8-7-17-20-19(21-25-17)16-9-12-26-14-16/h2-6,9,12,14H,7-8,10-11,13H2,1H3. The van der Waals surface area contributed by atoms with Crippen LogP contribution in [0.1, 0.15) is 17.9 Å². The van der Waals surface area contributed by atoms with E-state index in [0.29, 0.717) is 44.3 Å². The molecule has 6 nitrogen and oxygen atoms in total. The van der Waals surface area contributed by atoms with Gasteiger partial charge in [0.25, 0.3) is 0 Å². The molecule has 0 saturated heterocycles. The van der Waals surface area contributed by atoms with Crippen LogP contribution in [0.25, 0.3) is 11.4 Å². The molecule has 0 unspecified atom stereocenters. The third-order valence-corrected chi connectivity index (χ3v) is 4.62. The molecule has 0 atom stereocenters. The molecule has 1 amide bonds. The lowest BCUT2D eigenvalue weighted by Gasteiger charge is -2.22. The van der Waals surface area contributed by atoms with E-state index in [2.05, 4.69) is 10.1 Å². The van der Waals surface area contributed by atoms with Gasteiger partial charge in [-0.25, -0.2) is 0 Å². The number of thiophene rings is 1. The van der Waals surface area contributed by atoms with E-state index in [1.807, 2.05) is 47.2 Å². The third kappa shape index (κ3) is 5.00. The molecule has 0 spiro atoms. The first kappa shape index (κ1) is 18.3. The minimum Gasteiger partial charge on any atom is -0.383 e. The molecule has 0 saturated carbocycles. The Hall–Kier alpha value is -2.51. The highest BCUT2D eigenvalue weighted by Gasteiger charge is 2.16. The van der Waals surface area contributed by atoms with Crippen LogP contribution in [0.4, 0.5) is 0 Å². The highest BCUT2D eigenvalue weighted by Crippen LogP contribution is 2.19. The summed E-state index contributed by atoms with van der Waals surface area (Å²) in [7, 11) is 1.63. The predicted molar refractivity (Wildman–Crippen MR) is 99.7 cm³/mol. The maximum atomic E-state index is 12.6. The van der Waals surface area contributed by atoms with Crippen LogP contribution >= 0.6 is 11.3 Å². The van der Waals surface area contributed by atoms with Gasteiger partial charge in [0.1, 0.15) is 0 Å². The van der Waals surface area contributed by atoms with E-state index in [9.17, 15) is 4.79 Å². The van der Waals surface area contributed by atoms with Gasteiger partial charge in [-0.3, -0.25) is 4.79 Å². The number of amides is 1. The van der Waals surface area contributed by atoms with Crippen LogP contribution in [0.2, 0.25) is 0 Å². The van der Waals surface area contributed by atoms with Crippen molar-refractivity contribution in [2.45, 2.75) is 19.4 Å². The van der Waals surface area contributed by atoms with Gasteiger partial charge in [-0.2, -0.15) is 16.3 Å². The van der Waals surface area contributed by atoms with Gasteiger partial charge >= 0.3 is 0 Å². The number of benzene rings is 1. The maximum absolute atomic E-state index is 12.6. The van der Waals surface area contributed by atoms with Crippen LogP contribution < -0.4 is 0 Å². The zero-order chi connectivity index (χ0) is 18.2. The Labute approximate surface area is 156 Å². The molecule has 0 fully saturated rings. The first-order valence-electron chi connectivity index (χ1n) is 8.42. The Morgan fingerprint density at radius 1 is 1.27 bits per heavy atom. The number of hydrogen-bond acceptors (Lipinski definition) is 6. The summed E-state index contributed by atoms with van der Waals surface area (Å²) in [6.45, 7) is 1.61. The Morgan fingerprint density at radius 2 is 2.12 bits per heavy atom. The van der Waals surface area contributed by atoms with Gasteiger partial charge in [-0.1, -0.05) is 35.5 Å². The van der Waals surface area contributed by atoms with Gasteiger partial charge in [0.2, 0.25) is 17.6 Å². The van der Waals surface area contributed by atoms with Crippen molar-refractivity contribution >= 4 is 17.2 Å². The molecule has 3 rings (SSSR count). The molecule has 136 valence electrons. The van der Waals surface area contributed by atoms with Gasteiger partial charge in [0, 0.05) is 44.0 Å². The van der Waals surface area contributed by atoms with Crippen molar-refractivity contribution in [1.82, 2.24) is 15.0 Å². The fraction of sp³-hybridized carbons (Fsp3) is 0.316. The predicted octanol–water partition coefficient (Wildman–Crippen LogP) is 3.41. The van der Waals surface area contributed by atoms with Crippen LogP contribution in [0.5, 0.6) is 0 Å². The molecule has 7 heteroatoms. The summed E-state index contributed by atoms with van der Waals surface area (Å²) in [6.07, 6.45) is 0.746. The first-order valence-corrected chi connectivity index (χ1v) is 9.36. The second kappa shape index (κ2) is 9.26. The second-order valence-electron chi connectivity index (χ2n) is 5.82. The zero-order valence-corrected chi connectivity index (χ0v) is 15.4. The topological polar surface area (TPSA) is 68.5 Å². The molecular formula is C19H21N3O3S. The van der Waals surface area contributed by atoms with Crippen molar-refractivity contribution in [2.24, 2.45) is 0 Å². The molecule has 2 aromatic heterocycles. The number of rotatable bonds is 9. The SMILES string of the molecule is COCCN(Cc1ccccc1)C(=O)CCc1nc(-c2ccsc2)no1. The van der Waals surface area contributed by atoms with E-state index in [1.54, 1.807) is 23.3 Å². The number of aromatic nitrogens is 2. The van der Waals surface area contributed by atoms with Gasteiger partial charge in [0.05, 0.1) is 6.61 Å². The monoisotopic (exact) mass is 371 g/mol. The van der Waals surface area contributed by atoms with E-state index < -0.39 is 0 Å². The van der Waals surface area contributed by atoms with Gasteiger partial charge < -0.3 is 14.2 Å². The fourth-order valence-electron chi connectivity index (χ4n) is 2.53. The minimum absolute atomic E-state index is 0.0428. The number of methoxy groups -OCH3 is 1. The van der Waals surface area contributed by atoms with Crippen molar-refractivity contribution in [3.8, 4) is 11.4 Å². The van der Waals surface area contributed by atoms with Gasteiger partial charge in [-0.15, -0.1) is 0 Å². The summed E-state index contributed by atoms with van der Waals surface area (Å²) < 4.78 is 10.4. The van der Waals surface area contributed by atoms with E-state index in [4.69, 9.17) is 9.26 Å². The van der Waals surface area contributed by atoms with E-state index in [0.717, 1.165) is 11.1 Å². The van der Waals surface area contributed by atoms with E-state index in [-0.39, 0.29) is 5.91 Å². The Morgan fingerprint density at radius 3 is 2.85 bits per heavy atom. The van der Waals surface area contributed by atoms with Crippen molar-refractivity contribution in [3.05, 3.63) is 58.6 Å². The molecule has 3 aromatic rings. The summed E-state index contributed by atoms with van der Waals surface area (Å²) in [4.78, 5) is 18.8. The molecule has 2 heterocycles. The fourth-order valence-corrected chi connectivity index (χ4v) is 3.17. The van der Waals surface area contributed by atoms with Crippen LogP contribution in [0, 0.1) is 0 Å². The Bertz CT molecular complexity index is 803. The van der Waals surface area contributed by atoms with E-state index in [1.165, 1.54) is 0 Å². The first-order chi connectivity index (χ1) is 12.8. The lowest BCUT2D eigenvalue weighted by molar-refractivity contribution is -0.132. The van der Waals surface area contributed by atoms with E-state index >= 15 is 0 Å². The zero-order valence-electron chi connectivity index (χ0n) is 14.6. The molecule has 0 N–H and O–H groups in total. The van der Waals surface area contributed by atoms with Crippen molar-refractivity contribution in [2.75, 3.05) is 20.3 Å². The lowest BCUT2D eigenvalue weighted by Crippen LogP contribution is -2.33. The summed E-state index contributed by atoms with van der Waals surface area (Å²) >= 11 is 1.58. The van der Waals surface area contributed by atoms with Crippen LogP contribution in [0.15, 0.2) is 51.7 Å². The molecule has 0 bridgehead atoms. The molecule has 26 heavy (non-hydrogen) atoms. The number of nitrogens with zero attached hydrogens (tertiary/aromatic N) is 3. The van der Waals surface area contributed by atoms with Crippen molar-refractivity contribution in [1.29, 1.82) is 0 Å². The number of ether oxygens (including phenoxy) is 1. The lowest BCUT2D eigenvalue weighted by atomic mass is 10.2. The average Bonchev–Trinajstić information content (AvgIpc) is 3.35. The smallest absolute Gasteiger partial charge is 0.227 e. The highest BCUT2D eigenvalue weighted by molar-refractivity contribution is 7.08. The highest BCUT2D eigenvalue weighted by atomic mass is 32.1. The second-order valence-corrected chi connectivity index (χ2v) is 6.60. The summed E-state index contributed by atoms with van der Waals surface area (Å²) in [5.74, 6) is 1.08. The van der Waals surface area contributed by atoms with Gasteiger partial charge in [0.15, 0.2) is 0 Å². The Balaban J connectivity index is 1.58. The number of hydrogen-bond donors (Lipinski definition) is 0. The molecular weight excluding hydrogens is 350 g/mol. The number of carbonyl (C=O) groups is 1. The van der Waals surface area contributed by atoms with Crippen LogP contribution in [-0.2, 0) is 22.5 Å². The van der Waals surface area contributed by atoms with Crippen molar-refractivity contribution < 1.29 is 14.1 Å². The summed E-state index contributed by atoms with van der Waals surface area (Å²) in [6, 6.07) is 11.9. The minimum atomic E-state index is 0.0428. The summed E-state index contributed by atoms with van der Waals surface area (Å²) in [5, 5.41) is 7.90. The molecule has 0 radical (unpaired) electrons. The maximum Gasteiger partial charge on any atom is 0.227 e. The number of carbonyl (C=O) groups excluding carboxylic acids is 1. The number of aryl methyl sites for hydroxylation is 1. The van der Waals surface area contributed by atoms with Gasteiger partial charge in [-0.05, 0) is 17.0 Å². The molecule has 1 aromatic carbocycles. The normalized spacial score (nSPS) is 10.8. The quantitative estimate of drug-likeness (QED) is 0.577. The molecule has 0 aliphatic rings. The van der Waals surface area contributed by atoms with Crippen molar-refractivity contribution in [3.63, 3.8) is 0 Å².